The molecule has 1 amide bonds. The van der Waals surface area contributed by atoms with Gasteiger partial charge in [-0.25, -0.2) is 0 Å². The number of amides is 1. The van der Waals surface area contributed by atoms with Gasteiger partial charge in [0.1, 0.15) is 11.5 Å². The van der Waals surface area contributed by atoms with Gasteiger partial charge in [0.05, 0.1) is 0 Å². The molecule has 0 bridgehead atoms. The predicted octanol–water partition coefficient (Wildman–Crippen LogP) is 3.79. The van der Waals surface area contributed by atoms with Crippen molar-refractivity contribution in [1.29, 1.82) is 0 Å². The molecule has 1 heterocycles. The van der Waals surface area contributed by atoms with Crippen LogP contribution in [0, 0.1) is 0 Å². The Bertz CT molecular complexity index is 735. The molecule has 0 radical (unpaired) electrons. The lowest BCUT2D eigenvalue weighted by Gasteiger charge is -2.04. The number of benzene rings is 1. The summed E-state index contributed by atoms with van der Waals surface area (Å²) < 4.78 is 5.66. The van der Waals surface area contributed by atoms with Crippen molar-refractivity contribution in [1.82, 2.24) is 10.6 Å². The molecule has 0 saturated heterocycles. The van der Waals surface area contributed by atoms with E-state index in [-0.39, 0.29) is 11.0 Å². The van der Waals surface area contributed by atoms with E-state index in [0.717, 1.165) is 5.56 Å². The van der Waals surface area contributed by atoms with Gasteiger partial charge in [0, 0.05) is 23.2 Å². The summed E-state index contributed by atoms with van der Waals surface area (Å²) in [6, 6.07) is 10.9. The van der Waals surface area contributed by atoms with Gasteiger partial charge in [-0.15, -0.1) is 6.58 Å². The summed E-state index contributed by atoms with van der Waals surface area (Å²) in [5.41, 5.74) is 0.910. The Labute approximate surface area is 144 Å². The monoisotopic (exact) mass is 346 g/mol. The molecule has 1 aromatic carbocycles. The van der Waals surface area contributed by atoms with Gasteiger partial charge in [-0.1, -0.05) is 17.7 Å². The van der Waals surface area contributed by atoms with E-state index < -0.39 is 0 Å². The number of carbonyl (C=O) groups excluding carboxylic acids is 1. The van der Waals surface area contributed by atoms with Crippen molar-refractivity contribution in [2.45, 2.75) is 0 Å². The molecule has 4 nitrogen and oxygen atoms in total. The van der Waals surface area contributed by atoms with E-state index in [0.29, 0.717) is 23.1 Å². The molecule has 0 aliphatic carbocycles. The lowest BCUT2D eigenvalue weighted by molar-refractivity contribution is -0.115. The molecule has 0 aliphatic heterocycles. The van der Waals surface area contributed by atoms with E-state index in [1.54, 1.807) is 30.4 Å². The van der Waals surface area contributed by atoms with E-state index in [9.17, 15) is 4.79 Å². The van der Waals surface area contributed by atoms with Crippen molar-refractivity contribution >= 4 is 40.9 Å². The minimum Gasteiger partial charge on any atom is -0.457 e. The van der Waals surface area contributed by atoms with Crippen LogP contribution in [0.5, 0.6) is 0 Å². The number of hydrogen-bond donors (Lipinski definition) is 2. The Balaban J connectivity index is 1.95. The smallest absolute Gasteiger partial charge is 0.250 e. The van der Waals surface area contributed by atoms with Crippen LogP contribution < -0.4 is 10.6 Å². The Morgan fingerprint density at radius 2 is 2.00 bits per heavy atom. The molecular weight excluding hydrogens is 332 g/mol. The van der Waals surface area contributed by atoms with Gasteiger partial charge in [0.2, 0.25) is 5.91 Å². The van der Waals surface area contributed by atoms with E-state index in [1.807, 2.05) is 18.2 Å². The highest BCUT2D eigenvalue weighted by molar-refractivity contribution is 7.80. The van der Waals surface area contributed by atoms with Crippen molar-refractivity contribution in [3.63, 3.8) is 0 Å². The zero-order valence-electron chi connectivity index (χ0n) is 12.2. The van der Waals surface area contributed by atoms with E-state index >= 15 is 0 Å². The normalized spacial score (nSPS) is 10.5. The first-order chi connectivity index (χ1) is 11.1. The number of furan rings is 1. The van der Waals surface area contributed by atoms with E-state index in [1.165, 1.54) is 6.08 Å². The van der Waals surface area contributed by atoms with Gasteiger partial charge in [0.25, 0.3) is 0 Å². The Hall–Kier alpha value is -2.37. The summed E-state index contributed by atoms with van der Waals surface area (Å²) in [5.74, 6) is 0.927. The second-order valence-electron chi connectivity index (χ2n) is 4.53. The van der Waals surface area contributed by atoms with Crippen molar-refractivity contribution in [3.8, 4) is 11.3 Å². The summed E-state index contributed by atoms with van der Waals surface area (Å²) in [4.78, 5) is 11.7. The standard InChI is InChI=1S/C17H15ClN2O2S/c1-2-11-19-17(23)20-16(21)10-8-14-7-9-15(22-14)12-3-5-13(18)6-4-12/h2-10H,1,11H2,(H2,19,20,21,23). The van der Waals surface area contributed by atoms with Crippen molar-refractivity contribution in [2.75, 3.05) is 6.54 Å². The topological polar surface area (TPSA) is 54.3 Å². The van der Waals surface area contributed by atoms with Crippen molar-refractivity contribution < 1.29 is 9.21 Å². The average Bonchev–Trinajstić information content (AvgIpc) is 3.00. The van der Waals surface area contributed by atoms with E-state index in [4.69, 9.17) is 28.2 Å². The van der Waals surface area contributed by atoms with Crippen LogP contribution in [0.2, 0.25) is 5.02 Å². The third kappa shape index (κ3) is 5.39. The Kier molecular flexibility index (Phi) is 6.14. The van der Waals surface area contributed by atoms with Crippen LogP contribution in [0.4, 0.5) is 0 Å². The van der Waals surface area contributed by atoms with Gasteiger partial charge in [0.15, 0.2) is 5.11 Å². The lowest BCUT2D eigenvalue weighted by atomic mass is 10.2. The van der Waals surface area contributed by atoms with Crippen LogP contribution in [0.3, 0.4) is 0 Å². The number of thiocarbonyl (C=S) groups is 1. The van der Waals surface area contributed by atoms with Crippen molar-refractivity contribution in [2.24, 2.45) is 0 Å². The third-order valence-electron chi connectivity index (χ3n) is 2.80. The summed E-state index contributed by atoms with van der Waals surface area (Å²) in [5, 5.41) is 6.24. The highest BCUT2D eigenvalue weighted by Gasteiger charge is 2.04. The van der Waals surface area contributed by atoms with Crippen LogP contribution in [0.15, 0.2) is 59.5 Å². The second kappa shape index (κ2) is 8.31. The Morgan fingerprint density at radius 1 is 1.26 bits per heavy atom. The van der Waals surface area contributed by atoms with Gasteiger partial charge in [-0.2, -0.15) is 0 Å². The number of carbonyl (C=O) groups is 1. The maximum Gasteiger partial charge on any atom is 0.250 e. The highest BCUT2D eigenvalue weighted by atomic mass is 35.5. The summed E-state index contributed by atoms with van der Waals surface area (Å²) in [7, 11) is 0. The molecule has 0 unspecified atom stereocenters. The average molecular weight is 347 g/mol. The zero-order chi connectivity index (χ0) is 16.7. The van der Waals surface area contributed by atoms with Gasteiger partial charge in [-0.05, 0) is 54.7 Å². The van der Waals surface area contributed by atoms with Gasteiger partial charge in [-0.3, -0.25) is 10.1 Å². The quantitative estimate of drug-likeness (QED) is 0.491. The second-order valence-corrected chi connectivity index (χ2v) is 5.37. The minimum atomic E-state index is -0.337. The molecule has 0 atom stereocenters. The number of hydrogen-bond acceptors (Lipinski definition) is 3. The summed E-state index contributed by atoms with van der Waals surface area (Å²) in [6.07, 6.45) is 4.58. The minimum absolute atomic E-state index is 0.251. The first kappa shape index (κ1) is 17.0. The molecule has 0 fully saturated rings. The molecule has 2 rings (SSSR count). The van der Waals surface area contributed by atoms with Crippen LogP contribution in [0.1, 0.15) is 5.76 Å². The maximum absolute atomic E-state index is 11.7. The molecule has 118 valence electrons. The summed E-state index contributed by atoms with van der Waals surface area (Å²) in [6.45, 7) is 4.04. The molecule has 0 aliphatic rings. The fourth-order valence-corrected chi connectivity index (χ4v) is 2.04. The molecule has 0 saturated carbocycles. The summed E-state index contributed by atoms with van der Waals surface area (Å²) >= 11 is 10.8. The predicted molar refractivity (Wildman–Crippen MR) is 97.1 cm³/mol. The third-order valence-corrected chi connectivity index (χ3v) is 3.30. The molecule has 23 heavy (non-hydrogen) atoms. The lowest BCUT2D eigenvalue weighted by Crippen LogP contribution is -2.38. The van der Waals surface area contributed by atoms with E-state index in [2.05, 4.69) is 17.2 Å². The first-order valence-electron chi connectivity index (χ1n) is 6.82. The van der Waals surface area contributed by atoms with Crippen LogP contribution in [-0.4, -0.2) is 17.6 Å². The molecule has 2 N–H and O–H groups in total. The molecule has 0 spiro atoms. The number of nitrogens with one attached hydrogen (secondary N) is 2. The first-order valence-corrected chi connectivity index (χ1v) is 7.60. The molecule has 6 heteroatoms. The van der Waals surface area contributed by atoms with Crippen LogP contribution in [-0.2, 0) is 4.79 Å². The van der Waals surface area contributed by atoms with Crippen LogP contribution >= 0.6 is 23.8 Å². The molecule has 1 aromatic heterocycles. The Morgan fingerprint density at radius 3 is 2.70 bits per heavy atom. The largest absolute Gasteiger partial charge is 0.457 e. The van der Waals surface area contributed by atoms with Gasteiger partial charge >= 0.3 is 0 Å². The fraction of sp³-hybridized carbons (Fsp3) is 0.0588. The van der Waals surface area contributed by atoms with Crippen molar-refractivity contribution in [3.05, 3.63) is 65.9 Å². The number of rotatable bonds is 5. The zero-order valence-corrected chi connectivity index (χ0v) is 13.8. The molecular formula is C17H15ClN2O2S. The maximum atomic E-state index is 11.7. The number of halogens is 1. The van der Waals surface area contributed by atoms with Gasteiger partial charge < -0.3 is 9.73 Å². The highest BCUT2D eigenvalue weighted by Crippen LogP contribution is 2.24. The van der Waals surface area contributed by atoms with Crippen LogP contribution in [0.25, 0.3) is 17.4 Å². The molecule has 2 aromatic rings. The fourth-order valence-electron chi connectivity index (χ4n) is 1.73. The SMILES string of the molecule is C=CCNC(=S)NC(=O)C=Cc1ccc(-c2ccc(Cl)cc2)o1.